The number of aliphatic hydroxyl groups excluding tert-OH is 1. The number of amides is 2. The van der Waals surface area contributed by atoms with E-state index in [-0.39, 0.29) is 17.7 Å². The minimum atomic E-state index is -1.44. The molecular weight excluding hydrogens is 705 g/mol. The Hall–Kier alpha value is -5.87. The van der Waals surface area contributed by atoms with Gasteiger partial charge in [0.1, 0.15) is 11.9 Å². The van der Waals surface area contributed by atoms with Gasteiger partial charge in [-0.15, -0.1) is 0 Å². The summed E-state index contributed by atoms with van der Waals surface area (Å²) in [5.41, 5.74) is 11.1. The number of hydrogen-bond acceptors (Lipinski definition) is 7. The molecule has 5 rings (SSSR count). The molecule has 2 unspecified atom stereocenters. The maximum Gasteiger partial charge on any atom is 0.329 e. The fraction of sp³-hybridized carbons (Fsp3) is 0.326. The Morgan fingerprint density at radius 1 is 0.768 bits per heavy atom. The first-order valence-corrected chi connectivity index (χ1v) is 19.2. The van der Waals surface area contributed by atoms with E-state index < -0.39 is 24.0 Å². The third-order valence-electron chi connectivity index (χ3n) is 9.28. The second-order valence-corrected chi connectivity index (χ2v) is 14.7. The van der Waals surface area contributed by atoms with Gasteiger partial charge in [-0.2, -0.15) is 0 Å². The zero-order valence-electron chi connectivity index (χ0n) is 32.8. The largest absolute Gasteiger partial charge is 0.494 e. The van der Waals surface area contributed by atoms with E-state index >= 15 is 0 Å². The Morgan fingerprint density at radius 2 is 1.38 bits per heavy atom. The summed E-state index contributed by atoms with van der Waals surface area (Å²) in [6.07, 6.45) is 8.79. The number of nitrogens with one attached hydrogen (secondary N) is 1. The SMILES string of the molecule is CC(C)(C)c1ccc(C(N)=O)cc1.CCCCCCCOc1ccc(-c2cnc(-c3ccc(CCC(=O)NC(C(=O)O)C(O)c4ccccc4)cc3)nc2)cc1. The van der Waals surface area contributed by atoms with Gasteiger partial charge < -0.3 is 26.0 Å². The smallest absolute Gasteiger partial charge is 0.329 e. The fourth-order valence-electron chi connectivity index (χ4n) is 5.84. The predicted molar refractivity (Wildman–Crippen MR) is 220 cm³/mol. The summed E-state index contributed by atoms with van der Waals surface area (Å²) in [5.74, 6) is -0.668. The lowest BCUT2D eigenvalue weighted by Crippen LogP contribution is -2.45. The molecule has 0 aliphatic heterocycles. The number of aliphatic carboxylic acids is 1. The molecule has 1 heterocycles. The highest BCUT2D eigenvalue weighted by molar-refractivity contribution is 5.92. The van der Waals surface area contributed by atoms with Crippen LogP contribution in [-0.2, 0) is 21.4 Å². The average molecular weight is 759 g/mol. The van der Waals surface area contributed by atoms with Gasteiger partial charge in [0.2, 0.25) is 11.8 Å². The van der Waals surface area contributed by atoms with Crippen molar-refractivity contribution in [3.63, 3.8) is 0 Å². The molecule has 0 saturated carbocycles. The minimum absolute atomic E-state index is 0.0820. The number of nitrogens with two attached hydrogens (primary N) is 1. The first kappa shape index (κ1) is 42.9. The highest BCUT2D eigenvalue weighted by Crippen LogP contribution is 2.25. The molecule has 4 aromatic carbocycles. The number of nitrogens with zero attached hydrogens (tertiary/aromatic N) is 2. The summed E-state index contributed by atoms with van der Waals surface area (Å²) in [4.78, 5) is 44.1. The molecule has 0 saturated heterocycles. The van der Waals surface area contributed by atoms with E-state index in [1.807, 2.05) is 60.7 Å². The van der Waals surface area contributed by atoms with Crippen LogP contribution in [0.4, 0.5) is 0 Å². The maximum absolute atomic E-state index is 12.5. The summed E-state index contributed by atoms with van der Waals surface area (Å²) in [7, 11) is 0. The highest BCUT2D eigenvalue weighted by Gasteiger charge is 2.29. The van der Waals surface area contributed by atoms with E-state index in [4.69, 9.17) is 10.5 Å². The number of ether oxygens (including phenoxy) is 1. The van der Waals surface area contributed by atoms with Crippen LogP contribution in [0, 0.1) is 0 Å². The number of carboxylic acids is 1. The first-order chi connectivity index (χ1) is 26.8. The van der Waals surface area contributed by atoms with Crippen molar-refractivity contribution in [1.82, 2.24) is 15.3 Å². The van der Waals surface area contributed by atoms with Crippen molar-refractivity contribution in [2.75, 3.05) is 6.61 Å². The van der Waals surface area contributed by atoms with Gasteiger partial charge in [0, 0.05) is 35.5 Å². The van der Waals surface area contributed by atoms with Gasteiger partial charge in [0.15, 0.2) is 11.9 Å². The third-order valence-corrected chi connectivity index (χ3v) is 9.28. The predicted octanol–water partition coefficient (Wildman–Crippen LogP) is 8.48. The molecule has 2 atom stereocenters. The lowest BCUT2D eigenvalue weighted by atomic mass is 9.87. The van der Waals surface area contributed by atoms with Gasteiger partial charge in [-0.1, -0.05) is 132 Å². The van der Waals surface area contributed by atoms with Crippen LogP contribution in [0.5, 0.6) is 5.75 Å². The number of unbranched alkanes of at least 4 members (excludes halogenated alkanes) is 4. The van der Waals surface area contributed by atoms with E-state index in [2.05, 4.69) is 43.0 Å². The number of primary amides is 1. The Bertz CT molecular complexity index is 1960. The Morgan fingerprint density at radius 3 is 1.95 bits per heavy atom. The number of carboxylic acid groups (broad SMARTS) is 1. The summed E-state index contributed by atoms with van der Waals surface area (Å²) >= 11 is 0. The summed E-state index contributed by atoms with van der Waals surface area (Å²) < 4.78 is 5.86. The molecule has 2 amide bonds. The Balaban J connectivity index is 0.000000453. The van der Waals surface area contributed by atoms with Crippen molar-refractivity contribution in [1.29, 1.82) is 0 Å². The van der Waals surface area contributed by atoms with Crippen LogP contribution in [0.1, 0.15) is 99.4 Å². The molecule has 5 aromatic rings. The normalized spacial score (nSPS) is 12.1. The maximum atomic E-state index is 12.5. The highest BCUT2D eigenvalue weighted by atomic mass is 16.5. The molecule has 0 aliphatic carbocycles. The second kappa shape index (κ2) is 21.3. The summed E-state index contributed by atoms with van der Waals surface area (Å²) in [5, 5.41) is 22.4. The van der Waals surface area contributed by atoms with Gasteiger partial charge in [-0.05, 0) is 64.8 Å². The average Bonchev–Trinajstić information content (AvgIpc) is 3.21. The molecule has 0 radical (unpaired) electrons. The van der Waals surface area contributed by atoms with Crippen LogP contribution in [0.25, 0.3) is 22.5 Å². The molecule has 1 aromatic heterocycles. The number of aromatic nitrogens is 2. The van der Waals surface area contributed by atoms with Crippen molar-refractivity contribution in [2.45, 2.75) is 90.2 Å². The number of hydrogen-bond donors (Lipinski definition) is 4. The lowest BCUT2D eigenvalue weighted by Gasteiger charge is -2.20. The Kier molecular flexibility index (Phi) is 16.3. The van der Waals surface area contributed by atoms with Crippen molar-refractivity contribution in [3.05, 3.63) is 138 Å². The van der Waals surface area contributed by atoms with Gasteiger partial charge in [0.05, 0.1) is 6.61 Å². The second-order valence-electron chi connectivity index (χ2n) is 14.7. The van der Waals surface area contributed by atoms with Crippen molar-refractivity contribution in [3.8, 4) is 28.3 Å². The van der Waals surface area contributed by atoms with Crippen molar-refractivity contribution in [2.24, 2.45) is 5.73 Å². The molecule has 0 spiro atoms. The van der Waals surface area contributed by atoms with Crippen LogP contribution in [0.15, 0.2) is 116 Å². The number of aliphatic hydroxyl groups is 1. The number of benzene rings is 4. The fourth-order valence-corrected chi connectivity index (χ4v) is 5.84. The number of carbonyl (C=O) groups is 3. The minimum Gasteiger partial charge on any atom is -0.494 e. The molecule has 10 heteroatoms. The van der Waals surface area contributed by atoms with Gasteiger partial charge >= 0.3 is 5.97 Å². The monoisotopic (exact) mass is 758 g/mol. The molecule has 56 heavy (non-hydrogen) atoms. The summed E-state index contributed by atoms with van der Waals surface area (Å²) in [6.45, 7) is 9.34. The molecule has 294 valence electrons. The van der Waals surface area contributed by atoms with E-state index in [9.17, 15) is 24.6 Å². The number of rotatable bonds is 17. The molecule has 10 nitrogen and oxygen atoms in total. The third kappa shape index (κ3) is 13.5. The van der Waals surface area contributed by atoms with E-state index in [0.717, 1.165) is 41.0 Å². The standard InChI is InChI=1S/C35H39N3O5.C11H15NO/c1-2-3-4-5-9-22-43-30-19-17-26(18-20-30)29-23-36-34(37-24-29)28-15-12-25(13-16-28)14-21-31(39)38-32(35(41)42)33(40)27-10-7-6-8-11-27;1-11(2,3)9-6-4-8(5-7-9)10(12)13/h6-8,10-13,15-20,23-24,32-33,40H,2-5,9,14,21-22H2,1H3,(H,38,39)(H,41,42);4-7H,1-3H3,(H2,12,13). The Labute approximate surface area is 330 Å². The number of aryl methyl sites for hydroxylation is 1. The zero-order chi connectivity index (χ0) is 40.5. The molecule has 5 N–H and O–H groups in total. The summed E-state index contributed by atoms with van der Waals surface area (Å²) in [6, 6.07) is 30.0. The van der Waals surface area contributed by atoms with Crippen LogP contribution in [-0.4, -0.2) is 50.6 Å². The van der Waals surface area contributed by atoms with Crippen LogP contribution >= 0.6 is 0 Å². The quantitative estimate of drug-likeness (QED) is 0.0686. The molecule has 0 fully saturated rings. The van der Waals surface area contributed by atoms with E-state index in [1.54, 1.807) is 54.9 Å². The van der Waals surface area contributed by atoms with Crippen LogP contribution in [0.2, 0.25) is 0 Å². The van der Waals surface area contributed by atoms with Crippen molar-refractivity contribution < 1.29 is 29.3 Å². The first-order valence-electron chi connectivity index (χ1n) is 19.2. The van der Waals surface area contributed by atoms with Gasteiger partial charge in [-0.25, -0.2) is 14.8 Å². The number of carbonyl (C=O) groups excluding carboxylic acids is 2. The van der Waals surface area contributed by atoms with Crippen LogP contribution in [0.3, 0.4) is 0 Å². The van der Waals surface area contributed by atoms with Gasteiger partial charge in [0.25, 0.3) is 0 Å². The van der Waals surface area contributed by atoms with Crippen molar-refractivity contribution >= 4 is 17.8 Å². The molecule has 0 bridgehead atoms. The molecule has 0 aliphatic rings. The lowest BCUT2D eigenvalue weighted by molar-refractivity contribution is -0.145. The van der Waals surface area contributed by atoms with Gasteiger partial charge in [-0.3, -0.25) is 9.59 Å². The van der Waals surface area contributed by atoms with Crippen LogP contribution < -0.4 is 15.8 Å². The van der Waals surface area contributed by atoms with E-state index in [0.29, 0.717) is 23.4 Å². The topological polar surface area (TPSA) is 165 Å². The zero-order valence-corrected chi connectivity index (χ0v) is 32.8. The van der Waals surface area contributed by atoms with E-state index in [1.165, 1.54) is 31.2 Å². The molecular formula is C46H54N4O6.